The summed E-state index contributed by atoms with van der Waals surface area (Å²) in [5, 5.41) is 12.9. The van der Waals surface area contributed by atoms with Gasteiger partial charge in [-0.05, 0) is 37.4 Å². The van der Waals surface area contributed by atoms with Gasteiger partial charge in [-0.2, -0.15) is 11.8 Å². The van der Waals surface area contributed by atoms with E-state index in [0.29, 0.717) is 6.42 Å². The zero-order valence-corrected chi connectivity index (χ0v) is 16.8. The summed E-state index contributed by atoms with van der Waals surface area (Å²) < 4.78 is 0. The molecule has 0 aromatic carbocycles. The Morgan fingerprint density at radius 1 is 1.42 bits per heavy atom. The van der Waals surface area contributed by atoms with Crippen molar-refractivity contribution in [3.8, 4) is 0 Å². The predicted octanol–water partition coefficient (Wildman–Crippen LogP) is 2.32. The Labute approximate surface area is 160 Å². The van der Waals surface area contributed by atoms with Crippen molar-refractivity contribution >= 4 is 23.6 Å². The first-order valence-electron chi connectivity index (χ1n) is 9.45. The number of piperidine rings is 1. The lowest BCUT2D eigenvalue weighted by molar-refractivity contribution is -0.121. The fraction of sp³-hybridized carbons (Fsp3) is 0.737. The number of carbonyl (C=O) groups is 1. The summed E-state index contributed by atoms with van der Waals surface area (Å²) in [6, 6.07) is -0.0136. The maximum atomic E-state index is 12.2. The lowest BCUT2D eigenvalue weighted by Gasteiger charge is -2.37. The van der Waals surface area contributed by atoms with Gasteiger partial charge in [0.05, 0.1) is 17.8 Å². The first-order chi connectivity index (χ1) is 12.4. The third kappa shape index (κ3) is 4.68. The number of thioether (sulfide) groups is 1. The molecule has 2 N–H and O–H groups in total. The average molecular weight is 379 g/mol. The molecule has 144 valence electrons. The van der Waals surface area contributed by atoms with E-state index in [9.17, 15) is 9.90 Å². The normalized spacial score (nSPS) is 22.8. The van der Waals surface area contributed by atoms with E-state index in [2.05, 4.69) is 29.0 Å². The number of amides is 1. The number of hydrogen-bond acceptors (Lipinski definition) is 6. The number of hydrogen-bond donors (Lipinski definition) is 2. The molecule has 1 aromatic rings. The van der Waals surface area contributed by atoms with Crippen LogP contribution in [0.4, 0.5) is 5.95 Å². The van der Waals surface area contributed by atoms with Gasteiger partial charge >= 0.3 is 0 Å². The van der Waals surface area contributed by atoms with Crippen LogP contribution in [-0.2, 0) is 11.2 Å². The Morgan fingerprint density at radius 3 is 2.85 bits per heavy atom. The lowest BCUT2D eigenvalue weighted by atomic mass is 9.74. The Balaban J connectivity index is 1.79. The molecule has 6 nitrogen and oxygen atoms in total. The molecule has 1 aliphatic carbocycles. The second-order valence-corrected chi connectivity index (χ2v) is 9.18. The third-order valence-corrected chi connectivity index (χ3v) is 5.89. The van der Waals surface area contributed by atoms with Gasteiger partial charge in [0.15, 0.2) is 0 Å². The topological polar surface area (TPSA) is 78.4 Å². The highest BCUT2D eigenvalue weighted by Gasteiger charge is 2.35. The van der Waals surface area contributed by atoms with Crippen LogP contribution in [0.15, 0.2) is 6.20 Å². The number of rotatable bonds is 5. The molecule has 2 heterocycles. The van der Waals surface area contributed by atoms with Gasteiger partial charge in [0.2, 0.25) is 11.9 Å². The standard InChI is InChI=1S/C19H30N4O2S/c1-19(2)10-15(21-17(25)6-9-26-3)14-12-20-18(22-16(14)11-19)23-7-4-13(24)5-8-23/h12-13,15,24H,4-11H2,1-3H3,(H,21,25). The number of fused-ring (bicyclic) bond motifs is 1. The summed E-state index contributed by atoms with van der Waals surface area (Å²) in [6.07, 6.45) is 7.58. The highest BCUT2D eigenvalue weighted by Crippen LogP contribution is 2.40. The monoisotopic (exact) mass is 378 g/mol. The second-order valence-electron chi connectivity index (χ2n) is 8.20. The highest BCUT2D eigenvalue weighted by atomic mass is 32.2. The van der Waals surface area contributed by atoms with E-state index in [1.54, 1.807) is 11.8 Å². The molecule has 0 spiro atoms. The van der Waals surface area contributed by atoms with Crippen molar-refractivity contribution in [1.29, 1.82) is 0 Å². The van der Waals surface area contributed by atoms with Crippen molar-refractivity contribution in [3.05, 3.63) is 17.5 Å². The zero-order valence-electron chi connectivity index (χ0n) is 16.0. The van der Waals surface area contributed by atoms with Crippen LogP contribution in [0.1, 0.15) is 56.8 Å². The van der Waals surface area contributed by atoms with E-state index in [-0.39, 0.29) is 23.5 Å². The summed E-state index contributed by atoms with van der Waals surface area (Å²) >= 11 is 1.69. The highest BCUT2D eigenvalue weighted by molar-refractivity contribution is 7.98. The van der Waals surface area contributed by atoms with Gasteiger partial charge in [-0.3, -0.25) is 4.79 Å². The molecule has 1 atom stereocenters. The summed E-state index contributed by atoms with van der Waals surface area (Å²) in [7, 11) is 0. The molecule has 1 unspecified atom stereocenters. The minimum absolute atomic E-state index is 0.0136. The van der Waals surface area contributed by atoms with Crippen molar-refractivity contribution in [3.63, 3.8) is 0 Å². The first kappa shape index (κ1) is 19.4. The molecule has 0 radical (unpaired) electrons. The molecule has 26 heavy (non-hydrogen) atoms. The van der Waals surface area contributed by atoms with Crippen LogP contribution in [-0.4, -0.2) is 52.2 Å². The maximum Gasteiger partial charge on any atom is 0.225 e. The number of nitrogens with one attached hydrogen (secondary N) is 1. The smallest absolute Gasteiger partial charge is 0.225 e. The molecular weight excluding hydrogens is 348 g/mol. The van der Waals surface area contributed by atoms with Crippen LogP contribution in [0.3, 0.4) is 0 Å². The average Bonchev–Trinajstić information content (AvgIpc) is 2.59. The van der Waals surface area contributed by atoms with Crippen LogP contribution in [0.2, 0.25) is 0 Å². The van der Waals surface area contributed by atoms with Gasteiger partial charge in [-0.1, -0.05) is 13.8 Å². The van der Waals surface area contributed by atoms with Gasteiger partial charge in [0.25, 0.3) is 0 Å². The minimum Gasteiger partial charge on any atom is -0.393 e. The van der Waals surface area contributed by atoms with Crippen LogP contribution >= 0.6 is 11.8 Å². The minimum atomic E-state index is -0.205. The summed E-state index contributed by atoms with van der Waals surface area (Å²) in [6.45, 7) is 6.04. The van der Waals surface area contributed by atoms with Gasteiger partial charge in [0, 0.05) is 37.0 Å². The fourth-order valence-corrected chi connectivity index (χ4v) is 4.23. The van der Waals surface area contributed by atoms with Crippen LogP contribution in [0.25, 0.3) is 0 Å². The van der Waals surface area contributed by atoms with Gasteiger partial charge in [0.1, 0.15) is 0 Å². The van der Waals surface area contributed by atoms with E-state index in [4.69, 9.17) is 4.98 Å². The molecule has 2 aliphatic rings. The lowest BCUT2D eigenvalue weighted by Crippen LogP contribution is -2.39. The molecule has 1 saturated heterocycles. The van der Waals surface area contributed by atoms with Crippen molar-refractivity contribution in [2.75, 3.05) is 30.0 Å². The molecule has 3 rings (SSSR count). The Hall–Kier alpha value is -1.34. The summed E-state index contributed by atoms with van der Waals surface area (Å²) in [4.78, 5) is 23.8. The van der Waals surface area contributed by atoms with Gasteiger partial charge < -0.3 is 15.3 Å². The molecule has 0 bridgehead atoms. The first-order valence-corrected chi connectivity index (χ1v) is 10.8. The zero-order chi connectivity index (χ0) is 18.7. The van der Waals surface area contributed by atoms with Gasteiger partial charge in [-0.15, -0.1) is 0 Å². The van der Waals surface area contributed by atoms with E-state index >= 15 is 0 Å². The summed E-state index contributed by atoms with van der Waals surface area (Å²) in [5.74, 6) is 1.69. The quantitative estimate of drug-likeness (QED) is 0.819. The fourth-order valence-electron chi connectivity index (χ4n) is 3.84. The molecule has 7 heteroatoms. The van der Waals surface area contributed by atoms with Crippen LogP contribution in [0, 0.1) is 5.41 Å². The number of aliphatic hydroxyl groups excluding tert-OH is 1. The van der Waals surface area contributed by atoms with E-state index < -0.39 is 0 Å². The molecule has 1 aliphatic heterocycles. The van der Waals surface area contributed by atoms with Gasteiger partial charge in [-0.25, -0.2) is 9.97 Å². The second kappa shape index (κ2) is 8.13. The molecule has 1 fully saturated rings. The SMILES string of the molecule is CSCCC(=O)NC1CC(C)(C)Cc2nc(N3CCC(O)CC3)ncc21. The third-order valence-electron chi connectivity index (χ3n) is 5.28. The maximum absolute atomic E-state index is 12.2. The molecule has 1 aromatic heterocycles. The number of aromatic nitrogens is 2. The Morgan fingerprint density at radius 2 is 2.15 bits per heavy atom. The molecule has 0 saturated carbocycles. The Kier molecular flexibility index (Phi) is 6.07. The van der Waals surface area contributed by atoms with Crippen LogP contribution in [0.5, 0.6) is 0 Å². The van der Waals surface area contributed by atoms with E-state index in [1.165, 1.54) is 0 Å². The predicted molar refractivity (Wildman–Crippen MR) is 105 cm³/mol. The summed E-state index contributed by atoms with van der Waals surface area (Å²) in [5.41, 5.74) is 2.20. The Bertz CT molecular complexity index is 644. The van der Waals surface area contributed by atoms with Crippen LogP contribution < -0.4 is 10.2 Å². The largest absolute Gasteiger partial charge is 0.393 e. The van der Waals surface area contributed by atoms with Crippen molar-refractivity contribution < 1.29 is 9.90 Å². The van der Waals surface area contributed by atoms with E-state index in [0.717, 1.165) is 61.7 Å². The number of carbonyl (C=O) groups excluding carboxylic acids is 1. The van der Waals surface area contributed by atoms with E-state index in [1.807, 2.05) is 12.5 Å². The number of nitrogens with zero attached hydrogens (tertiary/aromatic N) is 3. The molecule has 1 amide bonds. The molecular formula is C19H30N4O2S. The van der Waals surface area contributed by atoms with Crippen molar-refractivity contribution in [2.24, 2.45) is 5.41 Å². The number of anilines is 1. The number of aliphatic hydroxyl groups is 1. The van der Waals surface area contributed by atoms with Crippen molar-refractivity contribution in [2.45, 2.75) is 58.1 Å². The van der Waals surface area contributed by atoms with Crippen molar-refractivity contribution in [1.82, 2.24) is 15.3 Å².